The van der Waals surface area contributed by atoms with Crippen LogP contribution in [0.1, 0.15) is 29.7 Å². The average Bonchev–Trinajstić information content (AvgIpc) is 3.00. The molecule has 2 aromatic carbocycles. The molecule has 2 unspecified atom stereocenters. The van der Waals surface area contributed by atoms with Crippen LogP contribution >= 0.6 is 34.8 Å². The summed E-state index contributed by atoms with van der Waals surface area (Å²) in [5.74, 6) is 0. The summed E-state index contributed by atoms with van der Waals surface area (Å²) in [6, 6.07) is 8.14. The lowest BCUT2D eigenvalue weighted by molar-refractivity contribution is -0.269. The molecule has 144 valence electrons. The van der Waals surface area contributed by atoms with Gasteiger partial charge < -0.3 is 5.11 Å². The summed E-state index contributed by atoms with van der Waals surface area (Å²) in [5, 5.41) is 9.96. The van der Waals surface area contributed by atoms with Crippen LogP contribution in [0.25, 0.3) is 5.70 Å². The Morgan fingerprint density at radius 3 is 2.22 bits per heavy atom. The first-order valence-electron chi connectivity index (χ1n) is 7.71. The van der Waals surface area contributed by atoms with E-state index in [0.717, 1.165) is 18.2 Å². The molecule has 9 heteroatoms. The van der Waals surface area contributed by atoms with Crippen molar-refractivity contribution in [1.82, 2.24) is 5.48 Å². The second-order valence-corrected chi connectivity index (χ2v) is 7.35. The van der Waals surface area contributed by atoms with Gasteiger partial charge in [0.25, 0.3) is 0 Å². The number of hydrogen-bond acceptors (Lipinski definition) is 3. The topological polar surface area (TPSA) is 41.5 Å². The number of halogens is 6. The van der Waals surface area contributed by atoms with Gasteiger partial charge in [-0.15, -0.1) is 0 Å². The summed E-state index contributed by atoms with van der Waals surface area (Å²) in [7, 11) is 0. The van der Waals surface area contributed by atoms with Gasteiger partial charge in [-0.1, -0.05) is 46.9 Å². The van der Waals surface area contributed by atoms with E-state index < -0.39 is 17.9 Å². The number of rotatable bonds is 3. The van der Waals surface area contributed by atoms with Crippen molar-refractivity contribution < 1.29 is 23.1 Å². The molecule has 0 fully saturated rings. The first-order valence-corrected chi connectivity index (χ1v) is 8.85. The van der Waals surface area contributed by atoms with Gasteiger partial charge in [0.2, 0.25) is 5.60 Å². The average molecular weight is 439 g/mol. The van der Waals surface area contributed by atoms with E-state index in [0.29, 0.717) is 11.1 Å². The van der Waals surface area contributed by atoms with E-state index in [4.69, 9.17) is 39.6 Å². The predicted octanol–water partition coefficient (Wildman–Crippen LogP) is 6.03. The maximum atomic E-state index is 13.9. The van der Waals surface area contributed by atoms with Crippen LogP contribution in [-0.4, -0.2) is 11.3 Å². The zero-order valence-electron chi connectivity index (χ0n) is 13.7. The fourth-order valence-corrected chi connectivity index (χ4v) is 3.65. The number of nitrogens with one attached hydrogen (secondary N) is 1. The minimum Gasteiger partial charge on any atom is -0.389 e. The molecular formula is C18H13Cl3F3NO2. The van der Waals surface area contributed by atoms with E-state index in [-0.39, 0.29) is 26.3 Å². The quantitative estimate of drug-likeness (QED) is 0.614. The van der Waals surface area contributed by atoms with E-state index in [2.05, 4.69) is 5.48 Å². The Kier molecular flexibility index (Phi) is 5.40. The number of benzene rings is 2. The van der Waals surface area contributed by atoms with Crippen LogP contribution in [0, 0.1) is 0 Å². The Morgan fingerprint density at radius 1 is 1.07 bits per heavy atom. The summed E-state index contributed by atoms with van der Waals surface area (Å²) in [5.41, 5.74) is 0.182. The Balaban J connectivity index is 2.11. The first-order chi connectivity index (χ1) is 12.5. The second-order valence-electron chi connectivity index (χ2n) is 6.07. The normalized spacial score (nSPS) is 21.0. The minimum atomic E-state index is -4.79. The van der Waals surface area contributed by atoms with Crippen LogP contribution in [0.15, 0.2) is 42.5 Å². The van der Waals surface area contributed by atoms with Crippen LogP contribution in [0.2, 0.25) is 15.1 Å². The summed E-state index contributed by atoms with van der Waals surface area (Å²) >= 11 is 17.9. The van der Waals surface area contributed by atoms with E-state index >= 15 is 0 Å². The van der Waals surface area contributed by atoms with Crippen molar-refractivity contribution in [1.29, 1.82) is 0 Å². The van der Waals surface area contributed by atoms with Crippen molar-refractivity contribution in [3.63, 3.8) is 0 Å². The van der Waals surface area contributed by atoms with Crippen molar-refractivity contribution in [3.05, 3.63) is 74.2 Å². The lowest BCUT2D eigenvalue weighted by Gasteiger charge is -2.28. The fourth-order valence-electron chi connectivity index (χ4n) is 2.79. The molecular weight excluding hydrogens is 426 g/mol. The SMILES string of the molecule is CC(O)c1ccc(C2=CC(c3cc(Cl)cc(Cl)c3)(C(F)(F)F)ON2)cc1Cl. The number of alkyl halides is 3. The molecule has 0 saturated carbocycles. The Morgan fingerprint density at radius 2 is 1.70 bits per heavy atom. The summed E-state index contributed by atoms with van der Waals surface area (Å²) in [4.78, 5) is 5.01. The highest BCUT2D eigenvalue weighted by molar-refractivity contribution is 6.34. The molecule has 3 nitrogen and oxygen atoms in total. The summed E-state index contributed by atoms with van der Waals surface area (Å²) < 4.78 is 41.8. The van der Waals surface area contributed by atoms with Crippen molar-refractivity contribution >= 4 is 40.5 Å². The van der Waals surface area contributed by atoms with Crippen LogP contribution in [0.3, 0.4) is 0 Å². The third-order valence-electron chi connectivity index (χ3n) is 4.14. The zero-order chi connectivity index (χ0) is 20.0. The molecule has 0 radical (unpaired) electrons. The molecule has 1 aliphatic rings. The van der Waals surface area contributed by atoms with Gasteiger partial charge in [-0.05, 0) is 42.8 Å². The predicted molar refractivity (Wildman–Crippen MR) is 98.5 cm³/mol. The molecule has 0 saturated heterocycles. The third-order valence-corrected chi connectivity index (χ3v) is 4.91. The molecule has 0 amide bonds. The highest BCUT2D eigenvalue weighted by atomic mass is 35.5. The lowest BCUT2D eigenvalue weighted by Crippen LogP contribution is -2.42. The number of aliphatic hydroxyl groups is 1. The van der Waals surface area contributed by atoms with Gasteiger partial charge in [-0.3, -0.25) is 10.3 Å². The van der Waals surface area contributed by atoms with Crippen molar-refractivity contribution in [2.45, 2.75) is 24.8 Å². The monoisotopic (exact) mass is 437 g/mol. The third kappa shape index (κ3) is 3.77. The molecule has 2 aromatic rings. The second kappa shape index (κ2) is 7.18. The van der Waals surface area contributed by atoms with Gasteiger partial charge in [0, 0.05) is 26.2 Å². The Labute approximate surface area is 168 Å². The first kappa shape index (κ1) is 20.3. The van der Waals surface area contributed by atoms with Gasteiger partial charge in [0.1, 0.15) is 0 Å². The molecule has 27 heavy (non-hydrogen) atoms. The highest BCUT2D eigenvalue weighted by Gasteiger charge is 2.59. The van der Waals surface area contributed by atoms with Crippen molar-refractivity contribution in [2.24, 2.45) is 0 Å². The highest BCUT2D eigenvalue weighted by Crippen LogP contribution is 2.48. The molecule has 2 N–H and O–H groups in total. The maximum absolute atomic E-state index is 13.9. The van der Waals surface area contributed by atoms with Crippen LogP contribution in [0.4, 0.5) is 13.2 Å². The molecule has 2 atom stereocenters. The molecule has 1 heterocycles. The van der Waals surface area contributed by atoms with Crippen molar-refractivity contribution in [2.75, 3.05) is 0 Å². The van der Waals surface area contributed by atoms with E-state index in [1.165, 1.54) is 31.2 Å². The molecule has 0 bridgehead atoms. The lowest BCUT2D eigenvalue weighted by atomic mass is 9.91. The number of hydroxylamine groups is 1. The Hall–Kier alpha value is -1.44. The molecule has 0 spiro atoms. The van der Waals surface area contributed by atoms with E-state index in [1.807, 2.05) is 0 Å². The van der Waals surface area contributed by atoms with Crippen LogP contribution < -0.4 is 5.48 Å². The zero-order valence-corrected chi connectivity index (χ0v) is 16.0. The molecule has 0 aliphatic carbocycles. The van der Waals surface area contributed by atoms with Crippen molar-refractivity contribution in [3.8, 4) is 0 Å². The Bertz CT molecular complexity index is 895. The molecule has 1 aliphatic heterocycles. The molecule has 0 aromatic heterocycles. The summed E-state index contributed by atoms with van der Waals surface area (Å²) in [6.45, 7) is 1.54. The van der Waals surface area contributed by atoms with Crippen LogP contribution in [0.5, 0.6) is 0 Å². The largest absolute Gasteiger partial charge is 0.428 e. The molecule has 3 rings (SSSR count). The standard InChI is InChI=1S/C18H13Cl3F3NO2/c1-9(26)14-3-2-10(4-15(14)21)16-8-17(27-25-16,18(22,23)24)11-5-12(19)7-13(20)6-11/h2-9,25-26H,1H3. The van der Waals surface area contributed by atoms with Gasteiger partial charge in [-0.2, -0.15) is 13.2 Å². The van der Waals surface area contributed by atoms with Gasteiger partial charge >= 0.3 is 6.18 Å². The van der Waals surface area contributed by atoms with E-state index in [1.54, 1.807) is 0 Å². The van der Waals surface area contributed by atoms with Gasteiger partial charge in [-0.25, -0.2) is 0 Å². The number of hydrogen-bond donors (Lipinski definition) is 2. The van der Waals surface area contributed by atoms with Gasteiger partial charge in [0.05, 0.1) is 11.8 Å². The maximum Gasteiger partial charge on any atom is 0.428 e. The smallest absolute Gasteiger partial charge is 0.389 e. The van der Waals surface area contributed by atoms with Crippen LogP contribution in [-0.2, 0) is 10.4 Å². The summed E-state index contributed by atoms with van der Waals surface area (Å²) in [6.07, 6.45) is -4.70. The van der Waals surface area contributed by atoms with Gasteiger partial charge in [0.15, 0.2) is 0 Å². The fraction of sp³-hybridized carbons (Fsp3) is 0.222. The minimum absolute atomic E-state index is 0.0518. The van der Waals surface area contributed by atoms with E-state index in [9.17, 15) is 18.3 Å². The number of aliphatic hydroxyl groups excluding tert-OH is 1.